The van der Waals surface area contributed by atoms with Crippen LogP contribution in [0, 0.1) is 13.8 Å². The SMILES string of the molecule is COc1ccc(NS(=O)(=O)c2ccc(Nc3cc(C)nc4nc(C)nn34)cc2)cc1.Cl. The number of benzene rings is 2. The highest BCUT2D eigenvalue weighted by Crippen LogP contribution is 2.22. The predicted octanol–water partition coefficient (Wildman–Crippen LogP) is 3.72. The first kappa shape index (κ1) is 22.3. The summed E-state index contributed by atoms with van der Waals surface area (Å²) in [7, 11) is -2.16. The first-order valence-electron chi connectivity index (χ1n) is 9.09. The molecule has 0 aliphatic carbocycles. The monoisotopic (exact) mass is 460 g/mol. The average Bonchev–Trinajstić information content (AvgIpc) is 3.09. The standard InChI is InChI=1S/C20H20N6O3S.ClH/c1-13-12-19(26-20(21-13)22-14(2)24-26)23-15-6-10-18(11-7-15)30(27,28)25-16-4-8-17(29-3)9-5-16;/h4-12,23,25H,1-3H3;1H. The van der Waals surface area contributed by atoms with E-state index in [-0.39, 0.29) is 17.3 Å². The van der Waals surface area contributed by atoms with Gasteiger partial charge in [-0.05, 0) is 62.4 Å². The van der Waals surface area contributed by atoms with Crippen LogP contribution in [0.4, 0.5) is 17.2 Å². The maximum Gasteiger partial charge on any atom is 0.261 e. The summed E-state index contributed by atoms with van der Waals surface area (Å²) in [5, 5.41) is 7.57. The number of sulfonamides is 1. The highest BCUT2D eigenvalue weighted by Gasteiger charge is 2.15. The summed E-state index contributed by atoms with van der Waals surface area (Å²) < 4.78 is 34.6. The van der Waals surface area contributed by atoms with E-state index in [2.05, 4.69) is 25.1 Å². The average molecular weight is 461 g/mol. The van der Waals surface area contributed by atoms with Crippen LogP contribution in [0.1, 0.15) is 11.5 Å². The van der Waals surface area contributed by atoms with Crippen LogP contribution in [0.3, 0.4) is 0 Å². The van der Waals surface area contributed by atoms with E-state index in [0.29, 0.717) is 34.5 Å². The minimum atomic E-state index is -3.72. The maximum atomic E-state index is 12.7. The number of hydrogen-bond acceptors (Lipinski definition) is 7. The van der Waals surface area contributed by atoms with E-state index in [4.69, 9.17) is 4.74 Å². The van der Waals surface area contributed by atoms with E-state index in [1.54, 1.807) is 54.9 Å². The quantitative estimate of drug-likeness (QED) is 0.451. The second-order valence-corrected chi connectivity index (χ2v) is 8.32. The Morgan fingerprint density at radius 2 is 1.58 bits per heavy atom. The number of aryl methyl sites for hydroxylation is 2. The van der Waals surface area contributed by atoms with Crippen LogP contribution in [0.2, 0.25) is 0 Å². The molecule has 0 aliphatic rings. The van der Waals surface area contributed by atoms with Gasteiger partial charge in [-0.25, -0.2) is 13.4 Å². The molecule has 31 heavy (non-hydrogen) atoms. The van der Waals surface area contributed by atoms with Crippen molar-refractivity contribution >= 4 is 45.4 Å². The van der Waals surface area contributed by atoms with Gasteiger partial charge in [-0.2, -0.15) is 9.50 Å². The van der Waals surface area contributed by atoms with Crippen molar-refractivity contribution in [3.63, 3.8) is 0 Å². The molecule has 2 heterocycles. The van der Waals surface area contributed by atoms with Gasteiger partial charge in [-0.15, -0.1) is 17.5 Å². The van der Waals surface area contributed by atoms with E-state index in [9.17, 15) is 8.42 Å². The van der Waals surface area contributed by atoms with Crippen molar-refractivity contribution in [2.75, 3.05) is 17.1 Å². The number of fused-ring (bicyclic) bond motifs is 1. The fourth-order valence-corrected chi connectivity index (χ4v) is 3.97. The van der Waals surface area contributed by atoms with Crippen molar-refractivity contribution in [2.24, 2.45) is 0 Å². The number of nitrogens with zero attached hydrogens (tertiary/aromatic N) is 4. The van der Waals surface area contributed by atoms with Gasteiger partial charge in [0.2, 0.25) is 0 Å². The van der Waals surface area contributed by atoms with Crippen molar-refractivity contribution in [1.29, 1.82) is 0 Å². The lowest BCUT2D eigenvalue weighted by molar-refractivity contribution is 0.415. The van der Waals surface area contributed by atoms with E-state index >= 15 is 0 Å². The number of methoxy groups -OCH3 is 1. The zero-order valence-corrected chi connectivity index (χ0v) is 18.7. The van der Waals surface area contributed by atoms with E-state index in [0.717, 1.165) is 5.69 Å². The minimum Gasteiger partial charge on any atom is -0.497 e. The zero-order valence-electron chi connectivity index (χ0n) is 17.0. The van der Waals surface area contributed by atoms with Gasteiger partial charge in [-0.1, -0.05) is 0 Å². The van der Waals surface area contributed by atoms with Crippen LogP contribution in [-0.4, -0.2) is 35.1 Å². The fourth-order valence-electron chi connectivity index (χ4n) is 2.91. The number of aromatic nitrogens is 4. The number of halogens is 1. The van der Waals surface area contributed by atoms with Crippen LogP contribution in [0.25, 0.3) is 5.78 Å². The van der Waals surface area contributed by atoms with E-state index in [1.807, 2.05) is 13.0 Å². The largest absolute Gasteiger partial charge is 0.497 e. The highest BCUT2D eigenvalue weighted by atomic mass is 35.5. The fraction of sp³-hybridized carbons (Fsp3) is 0.150. The Kier molecular flexibility index (Phi) is 6.32. The third-order valence-corrected chi connectivity index (χ3v) is 5.72. The number of nitrogens with one attached hydrogen (secondary N) is 2. The van der Waals surface area contributed by atoms with Crippen LogP contribution < -0.4 is 14.8 Å². The molecule has 4 rings (SSSR count). The molecular weight excluding hydrogens is 440 g/mol. The summed E-state index contributed by atoms with van der Waals surface area (Å²) >= 11 is 0. The third-order valence-electron chi connectivity index (χ3n) is 4.33. The lowest BCUT2D eigenvalue weighted by Gasteiger charge is -2.11. The first-order chi connectivity index (χ1) is 14.3. The molecule has 9 nitrogen and oxygen atoms in total. The molecule has 0 saturated heterocycles. The normalized spacial score (nSPS) is 11.1. The second kappa shape index (κ2) is 8.78. The summed E-state index contributed by atoms with van der Waals surface area (Å²) in [6.07, 6.45) is 0. The smallest absolute Gasteiger partial charge is 0.261 e. The second-order valence-electron chi connectivity index (χ2n) is 6.64. The van der Waals surface area contributed by atoms with Gasteiger partial charge in [0, 0.05) is 23.1 Å². The van der Waals surface area contributed by atoms with Gasteiger partial charge in [0.1, 0.15) is 17.4 Å². The summed E-state index contributed by atoms with van der Waals surface area (Å²) in [4.78, 5) is 8.78. The summed E-state index contributed by atoms with van der Waals surface area (Å²) in [6, 6.07) is 15.0. The molecule has 0 unspecified atom stereocenters. The summed E-state index contributed by atoms with van der Waals surface area (Å²) in [5.74, 6) is 2.45. The number of rotatable bonds is 6. The summed E-state index contributed by atoms with van der Waals surface area (Å²) in [6.45, 7) is 3.67. The molecule has 0 atom stereocenters. The van der Waals surface area contributed by atoms with Crippen LogP contribution in [-0.2, 0) is 10.0 Å². The van der Waals surface area contributed by atoms with Gasteiger partial charge in [0.25, 0.3) is 15.8 Å². The van der Waals surface area contributed by atoms with Gasteiger partial charge in [0.05, 0.1) is 12.0 Å². The van der Waals surface area contributed by atoms with Crippen LogP contribution >= 0.6 is 12.4 Å². The topological polar surface area (TPSA) is 111 Å². The maximum absolute atomic E-state index is 12.7. The zero-order chi connectivity index (χ0) is 21.3. The van der Waals surface area contributed by atoms with Crippen LogP contribution in [0.15, 0.2) is 59.5 Å². The molecule has 0 radical (unpaired) electrons. The molecule has 0 spiro atoms. The Labute approximate surface area is 186 Å². The Morgan fingerprint density at radius 3 is 2.23 bits per heavy atom. The number of anilines is 3. The number of hydrogen-bond donors (Lipinski definition) is 2. The first-order valence-corrected chi connectivity index (χ1v) is 10.6. The molecule has 2 aromatic carbocycles. The van der Waals surface area contributed by atoms with Crippen molar-refractivity contribution in [1.82, 2.24) is 19.6 Å². The van der Waals surface area contributed by atoms with Gasteiger partial charge >= 0.3 is 0 Å². The molecule has 162 valence electrons. The lowest BCUT2D eigenvalue weighted by Crippen LogP contribution is -2.12. The van der Waals surface area contributed by atoms with Gasteiger partial charge in [0.15, 0.2) is 0 Å². The van der Waals surface area contributed by atoms with Crippen LogP contribution in [0.5, 0.6) is 5.75 Å². The molecule has 0 bridgehead atoms. The van der Waals surface area contributed by atoms with E-state index < -0.39 is 10.0 Å². The van der Waals surface area contributed by atoms with Crippen molar-refractivity contribution in [3.05, 3.63) is 66.1 Å². The third kappa shape index (κ3) is 4.86. The Balaban J connectivity index is 0.00000272. The lowest BCUT2D eigenvalue weighted by atomic mass is 10.3. The van der Waals surface area contributed by atoms with Crippen molar-refractivity contribution in [3.8, 4) is 5.75 Å². The molecule has 4 aromatic rings. The Morgan fingerprint density at radius 1 is 0.935 bits per heavy atom. The van der Waals surface area contributed by atoms with Gasteiger partial charge in [-0.3, -0.25) is 4.72 Å². The molecule has 0 aliphatic heterocycles. The Bertz CT molecular complexity index is 1310. The molecule has 11 heteroatoms. The molecule has 2 N–H and O–H groups in total. The molecular formula is C20H21ClN6O3S. The predicted molar refractivity (Wildman–Crippen MR) is 121 cm³/mol. The van der Waals surface area contributed by atoms with Crippen molar-refractivity contribution in [2.45, 2.75) is 18.7 Å². The molecule has 0 fully saturated rings. The summed E-state index contributed by atoms with van der Waals surface area (Å²) in [5.41, 5.74) is 1.95. The number of ether oxygens (including phenoxy) is 1. The van der Waals surface area contributed by atoms with Gasteiger partial charge < -0.3 is 10.1 Å². The molecule has 2 aromatic heterocycles. The molecule has 0 amide bonds. The minimum absolute atomic E-state index is 0. The highest BCUT2D eigenvalue weighted by molar-refractivity contribution is 7.92. The molecule has 0 saturated carbocycles. The van der Waals surface area contributed by atoms with Crippen molar-refractivity contribution < 1.29 is 13.2 Å². The van der Waals surface area contributed by atoms with E-state index in [1.165, 1.54) is 12.1 Å². The Hall–Kier alpha value is -3.37.